The highest BCUT2D eigenvalue weighted by molar-refractivity contribution is 8.76. The number of hydrogen-bond donors (Lipinski definition) is 10. The first-order valence-electron chi connectivity index (χ1n) is 46.3. The number of phosphoric acid groups is 4. The highest BCUT2D eigenvalue weighted by atomic mass is 33.1. The van der Waals surface area contributed by atoms with E-state index in [0.717, 1.165) is 67.7 Å². The lowest BCUT2D eigenvalue weighted by Crippen LogP contribution is -2.32. The van der Waals surface area contributed by atoms with Gasteiger partial charge in [-0.15, -0.1) is 0 Å². The van der Waals surface area contributed by atoms with Gasteiger partial charge in [0.25, 0.3) is 31.3 Å². The monoisotopic (exact) mass is 2240 g/mol. The zero-order chi connectivity index (χ0) is 112. The van der Waals surface area contributed by atoms with Crippen LogP contribution in [-0.4, -0.2) is 392 Å². The average molecular weight is 2250 g/mol. The summed E-state index contributed by atoms with van der Waals surface area (Å²) < 4.78 is 164. The number of rotatable bonds is 87. The molecule has 0 saturated heterocycles. The van der Waals surface area contributed by atoms with Crippen LogP contribution in [0.1, 0.15) is 143 Å². The van der Waals surface area contributed by atoms with Gasteiger partial charge in [0.05, 0.1) is 132 Å². The number of phosphoric ester groups is 4. The standard InChI is InChI=1S/C23H42N3O13P.C21H40N3O12P.C21H39N2O12PS2.C18H35N2O11P/c1-17(2)26-22(30)7-5-6-21(29)24-8-10-34-12-13-35-16-23(31)25-9-11-37-40(32,33)38-15-20(39-19(4)28)14-36-18(3)27;1-16(2)22-6-5-20(27)23-7-9-31-11-12-32-15-21(28)24-8-10-34-37(29,30)35-14-19(36-18(4)26)13-33-17(3)25;1-16(2)38-37-12-5-20(26)22-6-8-30-10-11-31-15-21(27)23-7-9-33-36(28,29)34-14-19(35-18(4)25)13-32-17(3)24;1-14(2)19-5-7-26-9-10-27-13-18(23)20-6-8-29-32(24,25)30-12-17(31-16(4)22)11-28-15(3)21/h17,20H,5-16H2,1-4H3,(H,24,29)(H,25,31)(H,26,30)(H,32,33);16,19,22H,5-15H2,1-4H3,(H,23,27)(H,24,28)(H,29,30);16,19H,5-15H2,1-4H3,(H,22,26)(H,23,27)(H,28,29);14,17,19H,5-13H2,1-4H3,(H,20,23)(H,24,25)/p-4/t20-;2*19-;17-/m1111/s1. The molecule has 58 nitrogen and oxygen atoms in total. The molecule has 4 unspecified atom stereocenters. The van der Waals surface area contributed by atoms with Gasteiger partial charge in [0.1, 0.15) is 52.9 Å². The first-order chi connectivity index (χ1) is 69.1. The Morgan fingerprint density at radius 1 is 0.252 bits per heavy atom. The largest absolute Gasteiger partial charge is 0.756 e. The molecule has 0 radical (unpaired) electrons. The maximum Gasteiger partial charge on any atom is 0.303 e. The summed E-state index contributed by atoms with van der Waals surface area (Å²) in [6.45, 7) is 23.2. The summed E-state index contributed by atoms with van der Waals surface area (Å²) in [5.74, 6) is -6.99. The number of carbonyl (C=O) groups excluding carboxylic acids is 16. The number of nitrogens with one attached hydrogen (secondary N) is 10. The molecule has 64 heteroatoms. The molecule has 0 saturated carbocycles. The predicted octanol–water partition coefficient (Wildman–Crippen LogP) is -2.86. The van der Waals surface area contributed by atoms with Crippen LogP contribution >= 0.6 is 52.9 Å². The quantitative estimate of drug-likeness (QED) is 0.00962. The second-order valence-corrected chi connectivity index (χ2v) is 39.5. The van der Waals surface area contributed by atoms with E-state index in [4.69, 9.17) is 56.8 Å². The van der Waals surface area contributed by atoms with Crippen LogP contribution in [0.4, 0.5) is 0 Å². The number of esters is 8. The van der Waals surface area contributed by atoms with Gasteiger partial charge >= 0.3 is 47.8 Å². The van der Waals surface area contributed by atoms with Gasteiger partial charge in [-0.25, -0.2) is 0 Å². The third-order valence-electron chi connectivity index (χ3n) is 15.3. The summed E-state index contributed by atoms with van der Waals surface area (Å²) in [6, 6.07) is 0.770. The average Bonchev–Trinajstić information content (AvgIpc) is 0.920. The molecule has 0 rings (SSSR count). The fourth-order valence-corrected chi connectivity index (χ4v) is 14.2. The molecule has 0 aromatic carbocycles. The molecule has 0 spiro atoms. The lowest BCUT2D eigenvalue weighted by molar-refractivity contribution is -0.229. The molecule has 147 heavy (non-hydrogen) atoms. The van der Waals surface area contributed by atoms with E-state index in [1.54, 1.807) is 21.6 Å². The third kappa shape index (κ3) is 112. The fraction of sp³-hybridized carbons (Fsp3) is 0.807. The predicted molar refractivity (Wildman–Crippen MR) is 512 cm³/mol. The first-order valence-corrected chi connectivity index (χ1v) is 54.5. The Bertz CT molecular complexity index is 3900. The van der Waals surface area contributed by atoms with Crippen molar-refractivity contribution in [3.63, 3.8) is 0 Å². The zero-order valence-electron chi connectivity index (χ0n) is 86.2. The van der Waals surface area contributed by atoms with Crippen molar-refractivity contribution in [3.05, 3.63) is 0 Å². The Hall–Kier alpha value is -7.74. The van der Waals surface area contributed by atoms with E-state index >= 15 is 0 Å². The molecular weight excluding hydrogens is 2090 g/mol. The van der Waals surface area contributed by atoms with Crippen LogP contribution in [0, 0.1) is 0 Å². The van der Waals surface area contributed by atoms with Crippen molar-refractivity contribution in [2.45, 2.75) is 191 Å². The summed E-state index contributed by atoms with van der Waals surface area (Å²) in [5, 5.41) is 27.4. The van der Waals surface area contributed by atoms with E-state index < -0.39 is 180 Å². The van der Waals surface area contributed by atoms with E-state index in [9.17, 15) is 115 Å². The molecule has 0 fully saturated rings. The van der Waals surface area contributed by atoms with E-state index in [-0.39, 0.29) is 174 Å². The molecule has 858 valence electrons. The van der Waals surface area contributed by atoms with Crippen molar-refractivity contribution in [2.75, 3.05) is 250 Å². The highest BCUT2D eigenvalue weighted by Crippen LogP contribution is 2.41. The number of ether oxygens (including phenoxy) is 16. The third-order valence-corrected chi connectivity index (χ3v) is 22.2. The molecule has 0 heterocycles. The topological polar surface area (TPSA) is 775 Å². The SMILES string of the molecule is CC(=O)OC[C@H](COP(=O)([O-])OCCNC(=O)COCCOCCNC(=O)CCCC(=O)NC(C)C)OC(C)=O.CC(=O)OC[C@H](COP(=O)([O-])OCCNC(=O)COCCOCCNC(=O)CCNC(C)C)OC(C)=O.CC(=O)OC[C@H](COP(=O)([O-])OCCNC(=O)COCCOCCNC(=O)CCSSC(C)C)OC(C)=O.CC(=O)OC[C@H](COP(=O)([O-])OCCNC(=O)COCCOCCNC(C)C)OC(C)=O. The van der Waals surface area contributed by atoms with Gasteiger partial charge in [0.2, 0.25) is 47.3 Å². The van der Waals surface area contributed by atoms with Crippen LogP contribution in [0.15, 0.2) is 0 Å². The molecule has 8 atom stereocenters. The Balaban J connectivity index is -0.000000930. The lowest BCUT2D eigenvalue weighted by Gasteiger charge is -2.25. The Morgan fingerprint density at radius 3 is 0.748 bits per heavy atom. The molecule has 0 aliphatic heterocycles. The minimum atomic E-state index is -4.78. The van der Waals surface area contributed by atoms with E-state index in [1.165, 1.54) is 0 Å². The van der Waals surface area contributed by atoms with E-state index in [2.05, 4.69) is 122 Å². The Kier molecular flexibility index (Phi) is 92.2. The van der Waals surface area contributed by atoms with Crippen molar-refractivity contribution in [2.24, 2.45) is 0 Å². The lowest BCUT2D eigenvalue weighted by atomic mass is 10.2. The van der Waals surface area contributed by atoms with E-state index in [1.807, 2.05) is 41.5 Å². The van der Waals surface area contributed by atoms with Crippen molar-refractivity contribution in [3.8, 4) is 0 Å². The van der Waals surface area contributed by atoms with Crippen LogP contribution in [0.3, 0.4) is 0 Å². The van der Waals surface area contributed by atoms with Crippen LogP contribution in [-0.2, 0) is 207 Å². The van der Waals surface area contributed by atoms with Crippen LogP contribution < -0.4 is 72.7 Å². The molecule has 0 bridgehead atoms. The van der Waals surface area contributed by atoms with Crippen LogP contribution in [0.25, 0.3) is 0 Å². The number of amides is 8. The smallest absolute Gasteiger partial charge is 0.303 e. The Labute approximate surface area is 864 Å². The summed E-state index contributed by atoms with van der Waals surface area (Å²) >= 11 is 0. The first kappa shape index (κ1) is 146. The van der Waals surface area contributed by atoms with Crippen molar-refractivity contribution in [1.82, 2.24) is 53.2 Å². The van der Waals surface area contributed by atoms with Gasteiger partial charge in [0, 0.05) is 169 Å². The minimum Gasteiger partial charge on any atom is -0.756 e. The van der Waals surface area contributed by atoms with E-state index in [0.29, 0.717) is 89.2 Å². The number of hydrogen-bond acceptors (Lipinski definition) is 52. The van der Waals surface area contributed by atoms with Gasteiger partial charge in [-0.3, -0.25) is 95.0 Å². The zero-order valence-corrected chi connectivity index (χ0v) is 91.4. The van der Waals surface area contributed by atoms with Gasteiger partial charge < -0.3 is 185 Å². The van der Waals surface area contributed by atoms with Gasteiger partial charge in [0.15, 0.2) is 24.4 Å². The molecular formula is C83H152N10O48P4S2-4. The van der Waals surface area contributed by atoms with Gasteiger partial charge in [-0.05, 0) is 20.3 Å². The molecule has 0 aliphatic rings. The fourth-order valence-electron chi connectivity index (χ4n) is 9.30. The summed E-state index contributed by atoms with van der Waals surface area (Å²) in [4.78, 5) is 228. The summed E-state index contributed by atoms with van der Waals surface area (Å²) in [7, 11) is -15.6. The number of carbonyl (C=O) groups is 16. The molecule has 0 aromatic heterocycles. The molecule has 0 aromatic rings. The Morgan fingerprint density at radius 2 is 0.490 bits per heavy atom. The molecule has 0 aliphatic carbocycles. The normalized spacial score (nSPS) is 13.5. The maximum atomic E-state index is 11.8. The van der Waals surface area contributed by atoms with Gasteiger partial charge in [-0.1, -0.05) is 63.1 Å². The van der Waals surface area contributed by atoms with Crippen LogP contribution in [0.5, 0.6) is 0 Å². The molecule has 8 amide bonds. The molecule has 10 N–H and O–H groups in total. The van der Waals surface area contributed by atoms with Crippen molar-refractivity contribution >= 4 is 148 Å². The summed E-state index contributed by atoms with van der Waals surface area (Å²) in [5.41, 5.74) is 0. The summed E-state index contributed by atoms with van der Waals surface area (Å²) in [6.07, 6.45) is -2.73. The minimum absolute atomic E-state index is 0.0345. The second kappa shape index (κ2) is 93.1. The second-order valence-electron chi connectivity index (χ2n) is 30.8. The highest BCUT2D eigenvalue weighted by Gasteiger charge is 2.25. The van der Waals surface area contributed by atoms with Gasteiger partial charge in [-0.2, -0.15) is 0 Å². The van der Waals surface area contributed by atoms with Crippen molar-refractivity contribution in [1.29, 1.82) is 0 Å². The van der Waals surface area contributed by atoms with Crippen molar-refractivity contribution < 1.29 is 227 Å². The maximum absolute atomic E-state index is 11.8. The van der Waals surface area contributed by atoms with Crippen LogP contribution in [0.2, 0.25) is 0 Å².